The molecule has 0 amide bonds. The topological polar surface area (TPSA) is 36.8 Å². The number of amidine groups is 2. The van der Waals surface area contributed by atoms with Crippen molar-refractivity contribution in [3.63, 3.8) is 0 Å². The highest BCUT2D eigenvalue weighted by Gasteiger charge is 2.21. The molecule has 7 aromatic rings. The number of benzene rings is 7. The van der Waals surface area contributed by atoms with Crippen LogP contribution in [0.25, 0.3) is 43.4 Å². The Hall–Kier alpha value is -5.54. The summed E-state index contributed by atoms with van der Waals surface area (Å²) in [5, 5.41) is 11.2. The Morgan fingerprint density at radius 3 is 1.50 bits per heavy atom. The highest BCUT2D eigenvalue weighted by molar-refractivity contribution is 6.25. The summed E-state index contributed by atoms with van der Waals surface area (Å²) in [5.74, 6) is 1.64. The van der Waals surface area contributed by atoms with E-state index in [2.05, 4.69) is 121 Å². The molecular formula is C39H27N3. The van der Waals surface area contributed by atoms with Gasteiger partial charge >= 0.3 is 0 Å². The van der Waals surface area contributed by atoms with Crippen molar-refractivity contribution in [3.8, 4) is 11.1 Å². The molecule has 7 aromatic carbocycles. The third-order valence-corrected chi connectivity index (χ3v) is 8.10. The van der Waals surface area contributed by atoms with Crippen molar-refractivity contribution in [2.45, 2.75) is 6.17 Å². The predicted molar refractivity (Wildman–Crippen MR) is 176 cm³/mol. The van der Waals surface area contributed by atoms with Gasteiger partial charge in [0.05, 0.1) is 0 Å². The van der Waals surface area contributed by atoms with Crippen molar-refractivity contribution in [1.29, 1.82) is 0 Å². The van der Waals surface area contributed by atoms with E-state index in [4.69, 9.17) is 9.98 Å². The van der Waals surface area contributed by atoms with Gasteiger partial charge in [-0.15, -0.1) is 0 Å². The van der Waals surface area contributed by atoms with Crippen LogP contribution in [-0.4, -0.2) is 11.7 Å². The van der Waals surface area contributed by atoms with Crippen molar-refractivity contribution in [3.05, 3.63) is 168 Å². The summed E-state index contributed by atoms with van der Waals surface area (Å²) in [6.45, 7) is 0. The van der Waals surface area contributed by atoms with Gasteiger partial charge in [-0.2, -0.15) is 0 Å². The summed E-state index contributed by atoms with van der Waals surface area (Å²) in [6, 6.07) is 53.4. The first-order chi connectivity index (χ1) is 20.8. The molecular weight excluding hydrogens is 510 g/mol. The Morgan fingerprint density at radius 2 is 0.833 bits per heavy atom. The van der Waals surface area contributed by atoms with E-state index in [1.165, 1.54) is 37.9 Å². The molecule has 3 heteroatoms. The molecule has 0 aromatic heterocycles. The van der Waals surface area contributed by atoms with Gasteiger partial charge in [0.25, 0.3) is 0 Å². The number of rotatable bonds is 4. The van der Waals surface area contributed by atoms with Crippen LogP contribution in [-0.2, 0) is 0 Å². The van der Waals surface area contributed by atoms with Gasteiger partial charge < -0.3 is 5.32 Å². The van der Waals surface area contributed by atoms with Crippen LogP contribution in [0.5, 0.6) is 0 Å². The standard InChI is InChI=1S/C39H27N3/c1-3-12-26(13-4-1)37-40-38(27-14-5-2-6-15-27)42-39(41-37)30-17-11-16-28(24-30)29-22-23-35-33-20-8-7-18-31(33)32-19-9-10-21-34(32)36(35)25-29/h1-25,37H,(H,40,41,42). The SMILES string of the molecule is c1ccc(C2=NC(c3ccccc3)N=C(c3cccc(-c4ccc5c6ccccc6c6ccccc6c5c4)c3)N2)cc1. The molecule has 3 nitrogen and oxygen atoms in total. The Labute approximate surface area is 244 Å². The van der Waals surface area contributed by atoms with Gasteiger partial charge in [-0.25, -0.2) is 9.98 Å². The maximum Gasteiger partial charge on any atom is 0.169 e. The molecule has 0 fully saturated rings. The van der Waals surface area contributed by atoms with E-state index in [0.29, 0.717) is 0 Å². The second-order valence-corrected chi connectivity index (χ2v) is 10.7. The summed E-state index contributed by atoms with van der Waals surface area (Å²) in [4.78, 5) is 10.1. The lowest BCUT2D eigenvalue weighted by Gasteiger charge is -2.22. The van der Waals surface area contributed by atoms with E-state index in [-0.39, 0.29) is 6.17 Å². The average molecular weight is 538 g/mol. The largest absolute Gasteiger partial charge is 0.324 e. The first-order valence-corrected chi connectivity index (χ1v) is 14.3. The molecule has 0 bridgehead atoms. The van der Waals surface area contributed by atoms with E-state index in [0.717, 1.165) is 33.9 Å². The van der Waals surface area contributed by atoms with E-state index in [1.54, 1.807) is 0 Å². The van der Waals surface area contributed by atoms with E-state index in [1.807, 2.05) is 36.4 Å². The third kappa shape index (κ3) is 4.23. The molecule has 0 aliphatic carbocycles. The van der Waals surface area contributed by atoms with Gasteiger partial charge in [-0.05, 0) is 61.1 Å². The second-order valence-electron chi connectivity index (χ2n) is 10.7. The monoisotopic (exact) mass is 537 g/mol. The number of hydrogen-bond donors (Lipinski definition) is 1. The van der Waals surface area contributed by atoms with E-state index in [9.17, 15) is 0 Å². The molecule has 1 aliphatic heterocycles. The summed E-state index contributed by atoms with van der Waals surface area (Å²) >= 11 is 0. The zero-order valence-electron chi connectivity index (χ0n) is 22.9. The molecule has 0 spiro atoms. The number of nitrogens with one attached hydrogen (secondary N) is 1. The third-order valence-electron chi connectivity index (χ3n) is 8.10. The maximum absolute atomic E-state index is 5.08. The van der Waals surface area contributed by atoms with Crippen LogP contribution in [0.4, 0.5) is 0 Å². The van der Waals surface area contributed by atoms with Gasteiger partial charge in [0.2, 0.25) is 0 Å². The Balaban J connectivity index is 1.24. The predicted octanol–water partition coefficient (Wildman–Crippen LogP) is 9.31. The summed E-state index contributed by atoms with van der Waals surface area (Å²) in [6.07, 6.45) is -0.318. The lowest BCUT2D eigenvalue weighted by atomic mass is 9.92. The molecule has 0 saturated carbocycles. The minimum Gasteiger partial charge on any atom is -0.324 e. The fourth-order valence-corrected chi connectivity index (χ4v) is 6.05. The molecule has 198 valence electrons. The maximum atomic E-state index is 5.08. The summed E-state index contributed by atoms with van der Waals surface area (Å²) in [5.41, 5.74) is 5.46. The normalized spacial score (nSPS) is 14.9. The fourth-order valence-electron chi connectivity index (χ4n) is 6.05. The van der Waals surface area contributed by atoms with E-state index < -0.39 is 0 Å². The van der Waals surface area contributed by atoms with Gasteiger partial charge in [0, 0.05) is 11.1 Å². The first-order valence-electron chi connectivity index (χ1n) is 14.3. The van der Waals surface area contributed by atoms with Gasteiger partial charge in [-0.3, -0.25) is 0 Å². The zero-order chi connectivity index (χ0) is 27.9. The van der Waals surface area contributed by atoms with Crippen molar-refractivity contribution in [2.24, 2.45) is 9.98 Å². The fraction of sp³-hybridized carbons (Fsp3) is 0.0256. The minimum absolute atomic E-state index is 0.318. The lowest BCUT2D eigenvalue weighted by molar-refractivity contribution is 0.756. The number of fused-ring (bicyclic) bond motifs is 6. The van der Waals surface area contributed by atoms with Crippen LogP contribution in [0.3, 0.4) is 0 Å². The average Bonchev–Trinajstić information content (AvgIpc) is 3.09. The quantitative estimate of drug-likeness (QED) is 0.223. The number of nitrogens with zero attached hydrogens (tertiary/aromatic N) is 2. The number of hydrogen-bond acceptors (Lipinski definition) is 3. The van der Waals surface area contributed by atoms with Gasteiger partial charge in [-0.1, -0.05) is 140 Å². The van der Waals surface area contributed by atoms with Crippen LogP contribution < -0.4 is 5.32 Å². The number of aliphatic imine (C=N–C) groups is 2. The van der Waals surface area contributed by atoms with Crippen molar-refractivity contribution < 1.29 is 0 Å². The van der Waals surface area contributed by atoms with Crippen LogP contribution >= 0.6 is 0 Å². The smallest absolute Gasteiger partial charge is 0.169 e. The highest BCUT2D eigenvalue weighted by atomic mass is 15.2. The van der Waals surface area contributed by atoms with Crippen molar-refractivity contribution in [1.82, 2.24) is 5.32 Å². The van der Waals surface area contributed by atoms with Crippen LogP contribution in [0.2, 0.25) is 0 Å². The molecule has 1 heterocycles. The molecule has 1 unspecified atom stereocenters. The Bertz CT molecular complexity index is 2130. The van der Waals surface area contributed by atoms with E-state index >= 15 is 0 Å². The molecule has 1 N–H and O–H groups in total. The van der Waals surface area contributed by atoms with Crippen LogP contribution in [0.1, 0.15) is 22.9 Å². The summed E-state index contributed by atoms with van der Waals surface area (Å²) in [7, 11) is 0. The molecule has 0 radical (unpaired) electrons. The first kappa shape index (κ1) is 24.3. The van der Waals surface area contributed by atoms with Crippen LogP contribution in [0, 0.1) is 0 Å². The molecule has 8 rings (SSSR count). The van der Waals surface area contributed by atoms with Crippen molar-refractivity contribution in [2.75, 3.05) is 0 Å². The molecule has 0 saturated heterocycles. The lowest BCUT2D eigenvalue weighted by Crippen LogP contribution is -2.36. The van der Waals surface area contributed by atoms with Crippen molar-refractivity contribution >= 4 is 44.0 Å². The van der Waals surface area contributed by atoms with Gasteiger partial charge in [0.1, 0.15) is 11.7 Å². The molecule has 42 heavy (non-hydrogen) atoms. The minimum atomic E-state index is -0.318. The Morgan fingerprint density at radius 1 is 0.357 bits per heavy atom. The second kappa shape index (κ2) is 10.1. The molecule has 1 aliphatic rings. The Kier molecular flexibility index (Phi) is 5.86. The zero-order valence-corrected chi connectivity index (χ0v) is 22.9. The highest BCUT2D eigenvalue weighted by Crippen LogP contribution is 2.37. The van der Waals surface area contributed by atoms with Crippen LogP contribution in [0.15, 0.2) is 162 Å². The molecule has 1 atom stereocenters. The van der Waals surface area contributed by atoms with Gasteiger partial charge in [0.15, 0.2) is 6.17 Å². The summed E-state index contributed by atoms with van der Waals surface area (Å²) < 4.78 is 0.